The van der Waals surface area contributed by atoms with Crippen LogP contribution in [0.3, 0.4) is 0 Å². The molecular formula is C11H16O2. The average molecular weight is 180 g/mol. The Hall–Kier alpha value is -0.860. The highest BCUT2D eigenvalue weighted by molar-refractivity contribution is 5.26. The molecule has 72 valence electrons. The SMILES string of the molecule is CCc1ccc(C(C)(O)CO)cc1. The van der Waals surface area contributed by atoms with Gasteiger partial charge in [-0.2, -0.15) is 0 Å². The molecule has 0 amide bonds. The lowest BCUT2D eigenvalue weighted by Gasteiger charge is -2.20. The monoisotopic (exact) mass is 180 g/mol. The Morgan fingerprint density at radius 3 is 2.15 bits per heavy atom. The molecule has 0 aliphatic carbocycles. The highest BCUT2D eigenvalue weighted by Crippen LogP contribution is 2.19. The van der Waals surface area contributed by atoms with Gasteiger partial charge in [0.05, 0.1) is 6.61 Å². The van der Waals surface area contributed by atoms with E-state index in [1.807, 2.05) is 24.3 Å². The van der Waals surface area contributed by atoms with Crippen molar-refractivity contribution >= 4 is 0 Å². The largest absolute Gasteiger partial charge is 0.393 e. The second-order valence-electron chi connectivity index (χ2n) is 3.48. The van der Waals surface area contributed by atoms with Crippen LogP contribution >= 0.6 is 0 Å². The van der Waals surface area contributed by atoms with E-state index in [0.717, 1.165) is 12.0 Å². The Morgan fingerprint density at radius 1 is 1.23 bits per heavy atom. The lowest BCUT2D eigenvalue weighted by Crippen LogP contribution is -2.25. The van der Waals surface area contributed by atoms with Crippen LogP contribution in [0.15, 0.2) is 24.3 Å². The molecule has 0 saturated heterocycles. The molecule has 0 saturated carbocycles. The van der Waals surface area contributed by atoms with Gasteiger partial charge < -0.3 is 10.2 Å². The van der Waals surface area contributed by atoms with E-state index in [9.17, 15) is 5.11 Å². The molecule has 2 heteroatoms. The Morgan fingerprint density at radius 2 is 1.77 bits per heavy atom. The second kappa shape index (κ2) is 3.90. The van der Waals surface area contributed by atoms with Crippen molar-refractivity contribution in [2.45, 2.75) is 25.9 Å². The summed E-state index contributed by atoms with van der Waals surface area (Å²) < 4.78 is 0. The fourth-order valence-electron chi connectivity index (χ4n) is 1.19. The summed E-state index contributed by atoms with van der Waals surface area (Å²) in [6.45, 7) is 3.44. The van der Waals surface area contributed by atoms with Crippen LogP contribution in [0.2, 0.25) is 0 Å². The molecule has 2 nitrogen and oxygen atoms in total. The lowest BCUT2D eigenvalue weighted by molar-refractivity contribution is -0.00229. The van der Waals surface area contributed by atoms with Crippen LogP contribution in [0.1, 0.15) is 25.0 Å². The van der Waals surface area contributed by atoms with Gasteiger partial charge in [0.25, 0.3) is 0 Å². The minimum atomic E-state index is -1.12. The highest BCUT2D eigenvalue weighted by atomic mass is 16.3. The van der Waals surface area contributed by atoms with Crippen molar-refractivity contribution in [1.29, 1.82) is 0 Å². The zero-order valence-corrected chi connectivity index (χ0v) is 8.12. The molecule has 1 unspecified atom stereocenters. The summed E-state index contributed by atoms with van der Waals surface area (Å²) in [5, 5.41) is 18.6. The van der Waals surface area contributed by atoms with E-state index in [4.69, 9.17) is 5.11 Å². The maximum absolute atomic E-state index is 9.71. The van der Waals surface area contributed by atoms with Crippen molar-refractivity contribution in [2.75, 3.05) is 6.61 Å². The Balaban J connectivity index is 2.92. The number of aliphatic hydroxyl groups excluding tert-OH is 1. The van der Waals surface area contributed by atoms with Crippen LogP contribution in [0.5, 0.6) is 0 Å². The molecule has 0 aliphatic heterocycles. The Kier molecular flexibility index (Phi) is 3.07. The number of hydrogen-bond acceptors (Lipinski definition) is 2. The quantitative estimate of drug-likeness (QED) is 0.739. The Bertz CT molecular complexity index is 262. The Labute approximate surface area is 78.8 Å². The zero-order chi connectivity index (χ0) is 9.90. The summed E-state index contributed by atoms with van der Waals surface area (Å²) in [7, 11) is 0. The molecule has 13 heavy (non-hydrogen) atoms. The van der Waals surface area contributed by atoms with E-state index < -0.39 is 5.60 Å². The molecule has 0 bridgehead atoms. The number of aliphatic hydroxyl groups is 2. The maximum Gasteiger partial charge on any atom is 0.110 e. The summed E-state index contributed by atoms with van der Waals surface area (Å²) in [5.41, 5.74) is 0.872. The normalized spacial score (nSPS) is 15.4. The fraction of sp³-hybridized carbons (Fsp3) is 0.455. The third-order valence-corrected chi connectivity index (χ3v) is 2.29. The molecule has 0 aliphatic rings. The van der Waals surface area contributed by atoms with E-state index >= 15 is 0 Å². The minimum absolute atomic E-state index is 0.252. The van der Waals surface area contributed by atoms with Gasteiger partial charge in [-0.1, -0.05) is 31.2 Å². The van der Waals surface area contributed by atoms with Crippen LogP contribution in [0, 0.1) is 0 Å². The maximum atomic E-state index is 9.71. The first-order valence-corrected chi connectivity index (χ1v) is 4.53. The van der Waals surface area contributed by atoms with E-state index in [0.29, 0.717) is 0 Å². The van der Waals surface area contributed by atoms with Gasteiger partial charge in [-0.05, 0) is 24.5 Å². The van der Waals surface area contributed by atoms with Crippen LogP contribution in [-0.2, 0) is 12.0 Å². The van der Waals surface area contributed by atoms with Gasteiger partial charge in [0.2, 0.25) is 0 Å². The molecular weight excluding hydrogens is 164 g/mol. The van der Waals surface area contributed by atoms with Crippen molar-refractivity contribution in [2.24, 2.45) is 0 Å². The van der Waals surface area contributed by atoms with E-state index in [1.165, 1.54) is 5.56 Å². The first kappa shape index (κ1) is 10.2. The van der Waals surface area contributed by atoms with Gasteiger partial charge >= 0.3 is 0 Å². The molecule has 0 radical (unpaired) electrons. The third kappa shape index (κ3) is 2.29. The van der Waals surface area contributed by atoms with E-state index in [2.05, 4.69) is 6.92 Å². The zero-order valence-electron chi connectivity index (χ0n) is 8.12. The molecule has 1 aromatic carbocycles. The van der Waals surface area contributed by atoms with Crippen molar-refractivity contribution in [3.63, 3.8) is 0 Å². The predicted molar refractivity (Wildman–Crippen MR) is 52.5 cm³/mol. The summed E-state index contributed by atoms with van der Waals surface area (Å²) in [6, 6.07) is 7.66. The standard InChI is InChI=1S/C11H16O2/c1-3-9-4-6-10(7-5-9)11(2,13)8-12/h4-7,12-13H,3,8H2,1-2H3. The van der Waals surface area contributed by atoms with Gasteiger partial charge in [-0.3, -0.25) is 0 Å². The van der Waals surface area contributed by atoms with Gasteiger partial charge in [0.15, 0.2) is 0 Å². The number of aryl methyl sites for hydroxylation is 1. The molecule has 0 spiro atoms. The molecule has 0 aromatic heterocycles. The summed E-state index contributed by atoms with van der Waals surface area (Å²) in [6.07, 6.45) is 0.988. The average Bonchev–Trinajstić information content (AvgIpc) is 2.18. The first-order chi connectivity index (χ1) is 6.10. The van der Waals surface area contributed by atoms with Gasteiger partial charge in [-0.15, -0.1) is 0 Å². The number of benzene rings is 1. The van der Waals surface area contributed by atoms with Crippen LogP contribution in [-0.4, -0.2) is 16.8 Å². The lowest BCUT2D eigenvalue weighted by atomic mass is 9.96. The van der Waals surface area contributed by atoms with Crippen molar-refractivity contribution < 1.29 is 10.2 Å². The van der Waals surface area contributed by atoms with Crippen molar-refractivity contribution in [3.05, 3.63) is 35.4 Å². The number of hydrogen-bond donors (Lipinski definition) is 2. The smallest absolute Gasteiger partial charge is 0.110 e. The summed E-state index contributed by atoms with van der Waals surface area (Å²) >= 11 is 0. The van der Waals surface area contributed by atoms with Gasteiger partial charge in [0, 0.05) is 0 Å². The molecule has 1 atom stereocenters. The predicted octanol–water partition coefficient (Wildman–Crippen LogP) is 1.45. The topological polar surface area (TPSA) is 40.5 Å². The highest BCUT2D eigenvalue weighted by Gasteiger charge is 2.20. The van der Waals surface area contributed by atoms with E-state index in [1.54, 1.807) is 6.92 Å². The van der Waals surface area contributed by atoms with Gasteiger partial charge in [0.1, 0.15) is 5.60 Å². The minimum Gasteiger partial charge on any atom is -0.393 e. The fourth-order valence-corrected chi connectivity index (χ4v) is 1.19. The van der Waals surface area contributed by atoms with Crippen LogP contribution in [0.4, 0.5) is 0 Å². The first-order valence-electron chi connectivity index (χ1n) is 4.53. The van der Waals surface area contributed by atoms with Crippen LogP contribution < -0.4 is 0 Å². The third-order valence-electron chi connectivity index (χ3n) is 2.29. The molecule has 0 heterocycles. The number of rotatable bonds is 3. The summed E-state index contributed by atoms with van der Waals surface area (Å²) in [5.74, 6) is 0. The molecule has 0 fully saturated rings. The molecule has 1 aromatic rings. The van der Waals surface area contributed by atoms with Gasteiger partial charge in [-0.25, -0.2) is 0 Å². The molecule has 2 N–H and O–H groups in total. The van der Waals surface area contributed by atoms with Crippen LogP contribution in [0.25, 0.3) is 0 Å². The molecule has 1 rings (SSSR count). The summed E-state index contributed by atoms with van der Waals surface area (Å²) in [4.78, 5) is 0. The van der Waals surface area contributed by atoms with Crippen molar-refractivity contribution in [3.8, 4) is 0 Å². The van der Waals surface area contributed by atoms with Crippen molar-refractivity contribution in [1.82, 2.24) is 0 Å². The second-order valence-corrected chi connectivity index (χ2v) is 3.48. The van der Waals surface area contributed by atoms with E-state index in [-0.39, 0.29) is 6.61 Å².